The number of amides is 1. The molecule has 3 nitrogen and oxygen atoms in total. The van der Waals surface area contributed by atoms with Crippen LogP contribution in [0.5, 0.6) is 0 Å². The fourth-order valence-corrected chi connectivity index (χ4v) is 4.59. The highest BCUT2D eigenvalue weighted by molar-refractivity contribution is 8.26. The first-order valence-corrected chi connectivity index (χ1v) is 9.77. The van der Waals surface area contributed by atoms with Crippen molar-refractivity contribution in [2.45, 2.75) is 13.5 Å². The Morgan fingerprint density at radius 1 is 1.08 bits per heavy atom. The maximum Gasteiger partial charge on any atom is 0.266 e. The minimum absolute atomic E-state index is 0.00221. The average molecular weight is 379 g/mol. The zero-order valence-electron chi connectivity index (χ0n) is 14.4. The van der Waals surface area contributed by atoms with Crippen LogP contribution in [-0.4, -0.2) is 26.2 Å². The number of hydrogen-bond donors (Lipinski definition) is 0. The van der Waals surface area contributed by atoms with E-state index in [0.29, 0.717) is 15.8 Å². The first-order valence-electron chi connectivity index (χ1n) is 8.54. The quantitative estimate of drug-likeness (QED) is 0.476. The predicted molar refractivity (Wildman–Crippen MR) is 113 cm³/mol. The van der Waals surface area contributed by atoms with Gasteiger partial charge in [-0.25, -0.2) is 0 Å². The molecule has 1 aliphatic rings. The van der Waals surface area contributed by atoms with E-state index in [9.17, 15) is 4.79 Å². The first-order chi connectivity index (χ1) is 12.7. The van der Waals surface area contributed by atoms with Gasteiger partial charge in [0.2, 0.25) is 0 Å². The van der Waals surface area contributed by atoms with Gasteiger partial charge in [0.25, 0.3) is 5.91 Å². The first kappa shape index (κ1) is 17.1. The fourth-order valence-electron chi connectivity index (χ4n) is 3.22. The molecular weight excluding hydrogens is 360 g/mol. The Hall–Kier alpha value is -2.37. The number of nitrogens with zero attached hydrogens (tertiary/aromatic N) is 2. The molecule has 3 aromatic rings. The zero-order valence-corrected chi connectivity index (χ0v) is 16.0. The summed E-state index contributed by atoms with van der Waals surface area (Å²) in [5, 5.41) is 1.14. The Morgan fingerprint density at radius 3 is 2.54 bits per heavy atom. The molecule has 0 radical (unpaired) electrons. The lowest BCUT2D eigenvalue weighted by Crippen LogP contribution is -2.27. The predicted octanol–water partition coefficient (Wildman–Crippen LogP) is 4.91. The molecule has 4 rings (SSSR count). The second kappa shape index (κ2) is 7.09. The van der Waals surface area contributed by atoms with Crippen molar-refractivity contribution in [2.75, 3.05) is 6.54 Å². The Labute approximate surface area is 162 Å². The van der Waals surface area contributed by atoms with Crippen molar-refractivity contribution in [1.82, 2.24) is 9.47 Å². The number of rotatable bonds is 4. The van der Waals surface area contributed by atoms with Crippen LogP contribution in [0.4, 0.5) is 0 Å². The number of carbonyl (C=O) groups excluding carboxylic acids is 1. The lowest BCUT2D eigenvalue weighted by Gasteiger charge is -2.09. The smallest absolute Gasteiger partial charge is 0.266 e. The van der Waals surface area contributed by atoms with Gasteiger partial charge >= 0.3 is 0 Å². The summed E-state index contributed by atoms with van der Waals surface area (Å²) in [5.74, 6) is 0.00221. The van der Waals surface area contributed by atoms with Gasteiger partial charge in [-0.2, -0.15) is 0 Å². The van der Waals surface area contributed by atoms with Crippen LogP contribution in [0, 0.1) is 0 Å². The molecule has 0 atom stereocenters. The number of benzene rings is 2. The molecule has 5 heteroatoms. The molecule has 2 aromatic carbocycles. The molecule has 0 unspecified atom stereocenters. The van der Waals surface area contributed by atoms with Crippen molar-refractivity contribution in [3.8, 4) is 0 Å². The van der Waals surface area contributed by atoms with Crippen LogP contribution in [0.15, 0.2) is 65.7 Å². The van der Waals surface area contributed by atoms with Gasteiger partial charge in [0, 0.05) is 35.8 Å². The third-order valence-electron chi connectivity index (χ3n) is 4.49. The molecule has 2 heterocycles. The summed E-state index contributed by atoms with van der Waals surface area (Å²) in [4.78, 5) is 14.9. The highest BCUT2D eigenvalue weighted by atomic mass is 32.2. The van der Waals surface area contributed by atoms with Gasteiger partial charge < -0.3 is 4.57 Å². The molecular formula is C21H18N2OS2. The topological polar surface area (TPSA) is 25.2 Å². The molecule has 1 amide bonds. The monoisotopic (exact) mass is 378 g/mol. The van der Waals surface area contributed by atoms with Crippen LogP contribution >= 0.6 is 24.0 Å². The molecule has 130 valence electrons. The van der Waals surface area contributed by atoms with E-state index >= 15 is 0 Å². The zero-order chi connectivity index (χ0) is 18.1. The SMILES string of the molecule is CCN1C(=O)C(=Cc2cn(Cc3ccccc3)c3ccccc23)SC1=S. The van der Waals surface area contributed by atoms with Gasteiger partial charge in [0.05, 0.1) is 4.91 Å². The van der Waals surface area contributed by atoms with E-state index in [1.54, 1.807) is 4.90 Å². The molecule has 0 N–H and O–H groups in total. The van der Waals surface area contributed by atoms with E-state index in [2.05, 4.69) is 47.2 Å². The van der Waals surface area contributed by atoms with E-state index in [1.807, 2.05) is 31.2 Å². The number of hydrogen-bond acceptors (Lipinski definition) is 3. The van der Waals surface area contributed by atoms with E-state index in [1.165, 1.54) is 17.3 Å². The van der Waals surface area contributed by atoms with Crippen LogP contribution in [0.1, 0.15) is 18.1 Å². The van der Waals surface area contributed by atoms with Gasteiger partial charge in [-0.1, -0.05) is 72.5 Å². The van der Waals surface area contributed by atoms with Crippen LogP contribution in [0.25, 0.3) is 17.0 Å². The van der Waals surface area contributed by atoms with E-state index in [0.717, 1.165) is 23.0 Å². The second-order valence-electron chi connectivity index (χ2n) is 6.14. The molecule has 1 aromatic heterocycles. The van der Waals surface area contributed by atoms with Crippen LogP contribution in [0.2, 0.25) is 0 Å². The lowest BCUT2D eigenvalue weighted by molar-refractivity contribution is -0.121. The summed E-state index contributed by atoms with van der Waals surface area (Å²) in [6, 6.07) is 18.7. The number of para-hydroxylation sites is 1. The van der Waals surface area contributed by atoms with Crippen LogP contribution in [0.3, 0.4) is 0 Å². The van der Waals surface area contributed by atoms with E-state index < -0.39 is 0 Å². The number of fused-ring (bicyclic) bond motifs is 1. The minimum Gasteiger partial charge on any atom is -0.342 e. The number of aromatic nitrogens is 1. The summed E-state index contributed by atoms with van der Waals surface area (Å²) in [6.07, 6.45) is 4.09. The largest absolute Gasteiger partial charge is 0.342 e. The van der Waals surface area contributed by atoms with E-state index in [-0.39, 0.29) is 5.91 Å². The molecule has 0 saturated carbocycles. The van der Waals surface area contributed by atoms with Gasteiger partial charge in [0.1, 0.15) is 4.32 Å². The highest BCUT2D eigenvalue weighted by Crippen LogP contribution is 2.34. The fraction of sp³-hybridized carbons (Fsp3) is 0.143. The van der Waals surface area contributed by atoms with Gasteiger partial charge in [0.15, 0.2) is 0 Å². The van der Waals surface area contributed by atoms with Crippen molar-refractivity contribution in [2.24, 2.45) is 0 Å². The van der Waals surface area contributed by atoms with Crippen molar-refractivity contribution in [3.63, 3.8) is 0 Å². The highest BCUT2D eigenvalue weighted by Gasteiger charge is 2.30. The average Bonchev–Trinajstić information content (AvgIpc) is 3.13. The number of carbonyl (C=O) groups is 1. The molecule has 26 heavy (non-hydrogen) atoms. The summed E-state index contributed by atoms with van der Waals surface area (Å²) in [7, 11) is 0. The Morgan fingerprint density at radius 2 is 1.81 bits per heavy atom. The van der Waals surface area contributed by atoms with Crippen LogP contribution in [-0.2, 0) is 11.3 Å². The van der Waals surface area contributed by atoms with Crippen molar-refractivity contribution in [3.05, 3.63) is 76.8 Å². The molecule has 0 spiro atoms. The van der Waals surface area contributed by atoms with Gasteiger partial charge in [-0.3, -0.25) is 9.69 Å². The molecule has 0 aliphatic carbocycles. The Bertz CT molecular complexity index is 1020. The van der Waals surface area contributed by atoms with Gasteiger partial charge in [-0.15, -0.1) is 0 Å². The molecule has 1 saturated heterocycles. The maximum atomic E-state index is 12.5. The van der Waals surface area contributed by atoms with E-state index in [4.69, 9.17) is 12.2 Å². The van der Waals surface area contributed by atoms with Crippen molar-refractivity contribution < 1.29 is 4.79 Å². The van der Waals surface area contributed by atoms with Crippen molar-refractivity contribution in [1.29, 1.82) is 0 Å². The minimum atomic E-state index is 0.00221. The summed E-state index contributed by atoms with van der Waals surface area (Å²) in [6.45, 7) is 3.35. The summed E-state index contributed by atoms with van der Waals surface area (Å²) >= 11 is 6.70. The van der Waals surface area contributed by atoms with Crippen LogP contribution < -0.4 is 0 Å². The normalized spacial score (nSPS) is 16.2. The third kappa shape index (κ3) is 3.08. The Balaban J connectivity index is 1.76. The molecule has 1 fully saturated rings. The van der Waals surface area contributed by atoms with Gasteiger partial charge in [-0.05, 0) is 24.6 Å². The lowest BCUT2D eigenvalue weighted by atomic mass is 10.1. The Kier molecular flexibility index (Phi) is 4.66. The second-order valence-corrected chi connectivity index (χ2v) is 7.82. The summed E-state index contributed by atoms with van der Waals surface area (Å²) in [5.41, 5.74) is 3.46. The number of thiocarbonyl (C=S) groups is 1. The maximum absolute atomic E-state index is 12.5. The third-order valence-corrected chi connectivity index (χ3v) is 5.87. The molecule has 0 bridgehead atoms. The molecule has 1 aliphatic heterocycles. The summed E-state index contributed by atoms with van der Waals surface area (Å²) < 4.78 is 2.87. The number of thioether (sulfide) groups is 1. The van der Waals surface area contributed by atoms with Crippen molar-refractivity contribution >= 4 is 51.2 Å². The standard InChI is InChI=1S/C21H18N2OS2/c1-2-23-20(24)19(26-21(23)25)12-16-14-22(13-15-8-4-3-5-9-15)18-11-7-6-10-17(16)18/h3-12,14H,2,13H2,1H3. The number of likely N-dealkylation sites (N-methyl/N-ethyl adjacent to an activating group) is 1.